The van der Waals surface area contributed by atoms with Crippen molar-refractivity contribution in [1.29, 1.82) is 0 Å². The van der Waals surface area contributed by atoms with Gasteiger partial charge >= 0.3 is 0 Å². The number of aliphatic hydroxyl groups is 1. The standard InChI is InChI=1S/C31H32N4O4/c1-22(9-7-8-19-34-21-24(18-20-36)32-33-34)30(38-2)23-14-16-25(17-15-23)35-27-11-4-6-13-29(27)39-28-12-5-3-10-26(28)31(35)37/h3-7,9-17,21-22,30,36H,8,18-20H2,1-2H3/b9-7+/t22-,30+/m1/s1. The molecule has 4 aromatic rings. The van der Waals surface area contributed by atoms with E-state index in [1.807, 2.05) is 72.9 Å². The Morgan fingerprint density at radius 3 is 2.54 bits per heavy atom. The molecule has 1 aliphatic rings. The van der Waals surface area contributed by atoms with Crippen molar-refractivity contribution in [2.45, 2.75) is 32.4 Å². The summed E-state index contributed by atoms with van der Waals surface area (Å²) in [6, 6.07) is 22.8. The van der Waals surface area contributed by atoms with Gasteiger partial charge in [0.1, 0.15) is 5.75 Å². The summed E-state index contributed by atoms with van der Waals surface area (Å²) in [5.41, 5.74) is 3.78. The maximum absolute atomic E-state index is 13.7. The lowest BCUT2D eigenvalue weighted by Crippen LogP contribution is -2.25. The molecule has 0 aliphatic carbocycles. The fraction of sp³-hybridized carbons (Fsp3) is 0.258. The van der Waals surface area contributed by atoms with E-state index in [1.165, 1.54) is 0 Å². The number of para-hydroxylation sites is 3. The largest absolute Gasteiger partial charge is 0.454 e. The number of benzene rings is 3. The number of hydrogen-bond acceptors (Lipinski definition) is 6. The van der Waals surface area contributed by atoms with Crippen molar-refractivity contribution < 1.29 is 19.4 Å². The molecule has 2 heterocycles. The number of rotatable bonds is 10. The molecule has 0 fully saturated rings. The molecule has 0 radical (unpaired) electrons. The highest BCUT2D eigenvalue weighted by Gasteiger charge is 2.29. The topological polar surface area (TPSA) is 89.7 Å². The number of amides is 1. The molecule has 0 saturated carbocycles. The summed E-state index contributed by atoms with van der Waals surface area (Å²) in [5.74, 6) is 1.16. The van der Waals surface area contributed by atoms with E-state index < -0.39 is 0 Å². The van der Waals surface area contributed by atoms with Crippen LogP contribution in [0.4, 0.5) is 11.4 Å². The SMILES string of the molecule is CO[C@H](c1ccc(N2C(=O)c3ccccc3Oc3ccccc32)cc1)[C@H](C)/C=C/CCn1cc(CCO)nn1. The van der Waals surface area contributed by atoms with Gasteiger partial charge in [0.15, 0.2) is 5.75 Å². The molecule has 0 bridgehead atoms. The van der Waals surface area contributed by atoms with Gasteiger partial charge in [-0.25, -0.2) is 0 Å². The molecule has 1 aliphatic heterocycles. The summed E-state index contributed by atoms with van der Waals surface area (Å²) in [4.78, 5) is 15.4. The predicted molar refractivity (Wildman–Crippen MR) is 149 cm³/mol. The average Bonchev–Trinajstić information content (AvgIpc) is 3.36. The molecule has 1 N–H and O–H groups in total. The Balaban J connectivity index is 1.31. The number of hydrogen-bond donors (Lipinski definition) is 1. The van der Waals surface area contributed by atoms with Gasteiger partial charge in [0.05, 0.1) is 23.0 Å². The molecule has 0 saturated heterocycles. The minimum Gasteiger partial charge on any atom is -0.454 e. The van der Waals surface area contributed by atoms with Crippen LogP contribution in [-0.4, -0.2) is 39.7 Å². The second kappa shape index (κ2) is 12.1. The van der Waals surface area contributed by atoms with E-state index in [-0.39, 0.29) is 24.5 Å². The molecule has 8 nitrogen and oxygen atoms in total. The van der Waals surface area contributed by atoms with E-state index in [0.29, 0.717) is 35.7 Å². The van der Waals surface area contributed by atoms with E-state index in [9.17, 15) is 4.79 Å². The summed E-state index contributed by atoms with van der Waals surface area (Å²) in [7, 11) is 1.71. The van der Waals surface area contributed by atoms with Gasteiger partial charge in [0.25, 0.3) is 5.91 Å². The second-order valence-corrected chi connectivity index (χ2v) is 9.48. The van der Waals surface area contributed by atoms with Gasteiger partial charge in [-0.15, -0.1) is 5.10 Å². The summed E-state index contributed by atoms with van der Waals surface area (Å²) in [6.45, 7) is 2.90. The first-order valence-corrected chi connectivity index (χ1v) is 13.1. The van der Waals surface area contributed by atoms with Crippen LogP contribution in [0.1, 0.15) is 41.1 Å². The lowest BCUT2D eigenvalue weighted by Gasteiger charge is -2.24. The van der Waals surface area contributed by atoms with Crippen molar-refractivity contribution in [3.05, 3.63) is 108 Å². The van der Waals surface area contributed by atoms with Gasteiger partial charge < -0.3 is 14.6 Å². The van der Waals surface area contributed by atoms with Crippen molar-refractivity contribution >= 4 is 17.3 Å². The van der Waals surface area contributed by atoms with Crippen molar-refractivity contribution in [2.75, 3.05) is 18.6 Å². The quantitative estimate of drug-likeness (QED) is 0.261. The highest BCUT2D eigenvalue weighted by molar-refractivity contribution is 6.14. The highest BCUT2D eigenvalue weighted by atomic mass is 16.5. The van der Waals surface area contributed by atoms with E-state index in [4.69, 9.17) is 14.6 Å². The van der Waals surface area contributed by atoms with Crippen LogP contribution in [0.5, 0.6) is 11.5 Å². The third-order valence-electron chi connectivity index (χ3n) is 6.78. The van der Waals surface area contributed by atoms with Crippen molar-refractivity contribution in [1.82, 2.24) is 15.0 Å². The Morgan fingerprint density at radius 1 is 1.03 bits per heavy atom. The highest BCUT2D eigenvalue weighted by Crippen LogP contribution is 2.42. The number of fused-ring (bicyclic) bond motifs is 2. The van der Waals surface area contributed by atoms with Crippen molar-refractivity contribution in [2.24, 2.45) is 5.92 Å². The monoisotopic (exact) mass is 524 g/mol. The Bertz CT molecular complexity index is 1450. The number of carbonyl (C=O) groups is 1. The predicted octanol–water partition coefficient (Wildman–Crippen LogP) is 5.87. The van der Waals surface area contributed by atoms with E-state index >= 15 is 0 Å². The van der Waals surface area contributed by atoms with E-state index in [0.717, 1.165) is 23.4 Å². The molecule has 2 atom stereocenters. The van der Waals surface area contributed by atoms with E-state index in [2.05, 4.69) is 29.4 Å². The van der Waals surface area contributed by atoms with Crippen LogP contribution >= 0.6 is 0 Å². The van der Waals surface area contributed by atoms with Crippen LogP contribution in [0.3, 0.4) is 0 Å². The van der Waals surface area contributed by atoms with Crippen LogP contribution in [0.25, 0.3) is 0 Å². The maximum atomic E-state index is 13.7. The summed E-state index contributed by atoms with van der Waals surface area (Å²) < 4.78 is 13.8. The zero-order chi connectivity index (χ0) is 27.2. The molecular formula is C31H32N4O4. The molecule has 200 valence electrons. The molecule has 5 rings (SSSR count). The fourth-order valence-corrected chi connectivity index (χ4v) is 4.83. The third kappa shape index (κ3) is 5.77. The Kier molecular flexibility index (Phi) is 8.15. The third-order valence-corrected chi connectivity index (χ3v) is 6.78. The second-order valence-electron chi connectivity index (χ2n) is 9.48. The maximum Gasteiger partial charge on any atom is 0.266 e. The van der Waals surface area contributed by atoms with Crippen molar-refractivity contribution in [3.8, 4) is 11.5 Å². The van der Waals surface area contributed by atoms with Gasteiger partial charge in [-0.1, -0.05) is 60.7 Å². The number of carbonyl (C=O) groups excluding carboxylic acids is 1. The first-order chi connectivity index (χ1) is 19.1. The van der Waals surface area contributed by atoms with Gasteiger partial charge in [-0.3, -0.25) is 14.4 Å². The lowest BCUT2D eigenvalue weighted by atomic mass is 9.96. The molecule has 1 amide bonds. The van der Waals surface area contributed by atoms with Crippen LogP contribution < -0.4 is 9.64 Å². The first-order valence-electron chi connectivity index (χ1n) is 13.1. The molecule has 0 unspecified atom stereocenters. The zero-order valence-electron chi connectivity index (χ0n) is 22.1. The van der Waals surface area contributed by atoms with E-state index in [1.54, 1.807) is 22.8 Å². The van der Waals surface area contributed by atoms with Crippen LogP contribution in [0, 0.1) is 5.92 Å². The molecule has 39 heavy (non-hydrogen) atoms. The van der Waals surface area contributed by atoms with Crippen LogP contribution in [-0.2, 0) is 17.7 Å². The number of aromatic nitrogens is 3. The lowest BCUT2D eigenvalue weighted by molar-refractivity contribution is 0.0741. The van der Waals surface area contributed by atoms with Crippen LogP contribution in [0.2, 0.25) is 0 Å². The summed E-state index contributed by atoms with van der Waals surface area (Å²) >= 11 is 0. The van der Waals surface area contributed by atoms with Gasteiger partial charge in [0, 0.05) is 44.5 Å². The summed E-state index contributed by atoms with van der Waals surface area (Å²) in [5, 5.41) is 17.2. The number of aryl methyl sites for hydroxylation is 1. The van der Waals surface area contributed by atoms with Crippen LogP contribution in [0.15, 0.2) is 91.1 Å². The summed E-state index contributed by atoms with van der Waals surface area (Å²) in [6.07, 6.45) is 7.32. The zero-order valence-corrected chi connectivity index (χ0v) is 22.1. The molecular weight excluding hydrogens is 492 g/mol. The van der Waals surface area contributed by atoms with Crippen molar-refractivity contribution in [3.63, 3.8) is 0 Å². The molecule has 3 aromatic carbocycles. The molecule has 8 heteroatoms. The molecule has 0 spiro atoms. The minimum absolute atomic E-state index is 0.0689. The smallest absolute Gasteiger partial charge is 0.266 e. The van der Waals surface area contributed by atoms with Gasteiger partial charge in [-0.2, -0.15) is 0 Å². The number of nitrogens with zero attached hydrogens (tertiary/aromatic N) is 4. The number of methoxy groups -OCH3 is 1. The molecule has 1 aromatic heterocycles. The van der Waals surface area contributed by atoms with Gasteiger partial charge in [-0.05, 0) is 48.4 Å². The normalized spacial score (nSPS) is 14.4. The number of allylic oxidation sites excluding steroid dienone is 1. The number of ether oxygens (including phenoxy) is 2. The number of anilines is 2. The average molecular weight is 525 g/mol. The van der Waals surface area contributed by atoms with Gasteiger partial charge in [0.2, 0.25) is 0 Å². The Hall–Kier alpha value is -4.27. The Labute approximate surface area is 228 Å². The number of aliphatic hydroxyl groups excluding tert-OH is 1. The fourth-order valence-electron chi connectivity index (χ4n) is 4.83. The first kappa shape index (κ1) is 26.3. The minimum atomic E-state index is -0.144. The Morgan fingerprint density at radius 2 is 1.77 bits per heavy atom.